The lowest BCUT2D eigenvalue weighted by atomic mass is 10.1. The summed E-state index contributed by atoms with van der Waals surface area (Å²) >= 11 is 0. The van der Waals surface area contributed by atoms with Crippen LogP contribution in [0.1, 0.15) is 0 Å². The van der Waals surface area contributed by atoms with Crippen molar-refractivity contribution in [1.29, 1.82) is 0 Å². The molecule has 0 fully saturated rings. The highest BCUT2D eigenvalue weighted by atomic mass is 32.2. The van der Waals surface area contributed by atoms with Crippen molar-refractivity contribution in [3.8, 4) is 11.3 Å². The molecule has 0 aliphatic rings. The van der Waals surface area contributed by atoms with Gasteiger partial charge in [0.05, 0.1) is 11.4 Å². The summed E-state index contributed by atoms with van der Waals surface area (Å²) < 4.78 is 26.8. The fourth-order valence-corrected chi connectivity index (χ4v) is 2.69. The quantitative estimate of drug-likeness (QED) is 0.691. The number of anilines is 1. The van der Waals surface area contributed by atoms with Crippen LogP contribution in [0.15, 0.2) is 42.7 Å². The van der Waals surface area contributed by atoms with E-state index in [4.69, 9.17) is 0 Å². The lowest BCUT2D eigenvalue weighted by Gasteiger charge is -2.10. The number of hydrogen-bond acceptors (Lipinski definition) is 6. The van der Waals surface area contributed by atoms with E-state index in [0.717, 1.165) is 11.3 Å². The van der Waals surface area contributed by atoms with Crippen LogP contribution in [0, 0.1) is 0 Å². The van der Waals surface area contributed by atoms with Crippen LogP contribution in [0.2, 0.25) is 0 Å². The van der Waals surface area contributed by atoms with Gasteiger partial charge in [0.1, 0.15) is 12.1 Å². The summed E-state index contributed by atoms with van der Waals surface area (Å²) in [4.78, 5) is 8.57. The second-order valence-corrected chi connectivity index (χ2v) is 6.86. The Hall–Kier alpha value is -2.52. The largest absolute Gasteiger partial charge is 0.369 e. The smallest absolute Gasteiger partial charge is 0.254 e. The van der Waals surface area contributed by atoms with E-state index in [0.29, 0.717) is 11.6 Å². The number of hydrogen-bond donors (Lipinski definition) is 2. The highest BCUT2D eigenvalue weighted by molar-refractivity contribution is 7.89. The zero-order valence-electron chi connectivity index (χ0n) is 12.5. The molecule has 2 heterocycles. The average Bonchev–Trinajstić information content (AvgIpc) is 3.04. The highest BCUT2D eigenvalue weighted by Crippen LogP contribution is 2.20. The minimum atomic E-state index is -3.27. The Bertz CT molecular complexity index is 907. The van der Waals surface area contributed by atoms with Crippen LogP contribution in [0.4, 0.5) is 5.82 Å². The van der Waals surface area contributed by atoms with E-state index in [1.807, 2.05) is 36.4 Å². The Morgan fingerprint density at radius 1 is 1.22 bits per heavy atom. The summed E-state index contributed by atoms with van der Waals surface area (Å²) in [5, 5.41) is 7.18. The molecule has 0 aliphatic heterocycles. The molecule has 2 N–H and O–H groups in total. The molecule has 0 saturated carbocycles. The molecule has 3 aromatic rings. The third-order valence-corrected chi connectivity index (χ3v) is 4.67. The maximum atomic E-state index is 11.5. The molecule has 0 aliphatic carbocycles. The van der Waals surface area contributed by atoms with Crippen LogP contribution >= 0.6 is 0 Å². The first kappa shape index (κ1) is 15.4. The van der Waals surface area contributed by atoms with Crippen molar-refractivity contribution in [3.63, 3.8) is 0 Å². The summed E-state index contributed by atoms with van der Waals surface area (Å²) in [6.45, 7) is 0.246. The van der Waals surface area contributed by atoms with Gasteiger partial charge >= 0.3 is 0 Å². The van der Waals surface area contributed by atoms with Crippen LogP contribution < -0.4 is 10.0 Å². The Morgan fingerprint density at radius 3 is 2.74 bits per heavy atom. The van der Waals surface area contributed by atoms with E-state index in [-0.39, 0.29) is 12.3 Å². The van der Waals surface area contributed by atoms with Gasteiger partial charge in [0.15, 0.2) is 0 Å². The maximum absolute atomic E-state index is 11.5. The van der Waals surface area contributed by atoms with Gasteiger partial charge in [-0.1, -0.05) is 30.3 Å². The zero-order valence-corrected chi connectivity index (χ0v) is 13.3. The van der Waals surface area contributed by atoms with E-state index in [9.17, 15) is 8.42 Å². The van der Waals surface area contributed by atoms with Crippen LogP contribution in [-0.4, -0.2) is 47.3 Å². The van der Waals surface area contributed by atoms with Gasteiger partial charge in [-0.15, -0.1) is 0 Å². The van der Waals surface area contributed by atoms with Gasteiger partial charge in [-0.2, -0.15) is 14.6 Å². The fraction of sp³-hybridized carbons (Fsp3) is 0.214. The van der Waals surface area contributed by atoms with Crippen LogP contribution in [0.25, 0.3) is 17.0 Å². The normalized spacial score (nSPS) is 11.7. The van der Waals surface area contributed by atoms with Crippen molar-refractivity contribution in [3.05, 3.63) is 42.7 Å². The second-order valence-electron chi connectivity index (χ2n) is 4.81. The van der Waals surface area contributed by atoms with Gasteiger partial charge in [0.25, 0.3) is 5.78 Å². The Morgan fingerprint density at radius 2 is 2.00 bits per heavy atom. The molecule has 0 spiro atoms. The van der Waals surface area contributed by atoms with Crippen LogP contribution in [0.3, 0.4) is 0 Å². The monoisotopic (exact) mass is 332 g/mol. The minimum absolute atomic E-state index is 0.0390. The summed E-state index contributed by atoms with van der Waals surface area (Å²) in [5.41, 5.74) is 1.69. The molecule has 0 unspecified atom stereocenters. The molecule has 0 saturated heterocycles. The maximum Gasteiger partial charge on any atom is 0.254 e. The van der Waals surface area contributed by atoms with Gasteiger partial charge in [-0.3, -0.25) is 0 Å². The van der Waals surface area contributed by atoms with E-state index in [1.165, 1.54) is 13.4 Å². The molecule has 3 rings (SSSR count). The number of nitrogens with zero attached hydrogens (tertiary/aromatic N) is 4. The van der Waals surface area contributed by atoms with Crippen molar-refractivity contribution in [2.45, 2.75) is 0 Å². The third-order valence-electron chi connectivity index (χ3n) is 3.31. The molecule has 0 radical (unpaired) electrons. The third kappa shape index (κ3) is 3.46. The number of rotatable bonds is 6. The minimum Gasteiger partial charge on any atom is -0.369 e. The number of nitrogens with one attached hydrogen (secondary N) is 2. The molecule has 2 aromatic heterocycles. The molecular formula is C14H16N6O2S. The molecule has 120 valence electrons. The Kier molecular flexibility index (Phi) is 4.22. The van der Waals surface area contributed by atoms with Gasteiger partial charge in [0, 0.05) is 18.2 Å². The lowest BCUT2D eigenvalue weighted by Crippen LogP contribution is -2.26. The number of sulfonamides is 1. The fourth-order valence-electron chi connectivity index (χ4n) is 2.11. The molecule has 1 aromatic carbocycles. The summed E-state index contributed by atoms with van der Waals surface area (Å²) in [6, 6.07) is 11.5. The van der Waals surface area contributed by atoms with Gasteiger partial charge in [0.2, 0.25) is 10.0 Å². The van der Waals surface area contributed by atoms with Crippen LogP contribution in [-0.2, 0) is 10.0 Å². The molecule has 9 heteroatoms. The predicted octanol–water partition coefficient (Wildman–Crippen LogP) is 0.752. The molecule has 0 bridgehead atoms. The van der Waals surface area contributed by atoms with Gasteiger partial charge in [-0.05, 0) is 7.05 Å². The first-order valence-electron chi connectivity index (χ1n) is 7.00. The summed E-state index contributed by atoms with van der Waals surface area (Å²) in [7, 11) is -1.87. The first-order chi connectivity index (χ1) is 11.1. The highest BCUT2D eigenvalue weighted by Gasteiger charge is 2.11. The lowest BCUT2D eigenvalue weighted by molar-refractivity contribution is 0.588. The van der Waals surface area contributed by atoms with E-state index < -0.39 is 10.0 Å². The zero-order chi connectivity index (χ0) is 16.3. The Balaban J connectivity index is 1.91. The topological polar surface area (TPSA) is 101 Å². The SMILES string of the molecule is CNS(=O)(=O)CCNc1cc(-c2ccccc2)nc2ncnn12. The summed E-state index contributed by atoms with van der Waals surface area (Å²) in [6.07, 6.45) is 1.41. The van der Waals surface area contributed by atoms with Crippen molar-refractivity contribution in [1.82, 2.24) is 24.3 Å². The molecule has 23 heavy (non-hydrogen) atoms. The molecular weight excluding hydrogens is 316 g/mol. The van der Waals surface area contributed by atoms with E-state index >= 15 is 0 Å². The number of aromatic nitrogens is 4. The van der Waals surface area contributed by atoms with E-state index in [2.05, 4.69) is 25.1 Å². The van der Waals surface area contributed by atoms with Crippen molar-refractivity contribution in [2.75, 3.05) is 24.7 Å². The van der Waals surface area contributed by atoms with Crippen molar-refractivity contribution in [2.24, 2.45) is 0 Å². The molecule has 8 nitrogen and oxygen atoms in total. The Labute approximate surface area is 133 Å². The van der Waals surface area contributed by atoms with Gasteiger partial charge in [-0.25, -0.2) is 18.1 Å². The standard InChI is InChI=1S/C14H16N6O2S/c1-15-23(21,22)8-7-16-13-9-12(11-5-3-2-4-6-11)19-14-17-10-18-20(13)14/h2-6,9-10,15-16H,7-8H2,1H3. The van der Waals surface area contributed by atoms with Crippen molar-refractivity contribution < 1.29 is 8.42 Å². The van der Waals surface area contributed by atoms with Crippen LogP contribution in [0.5, 0.6) is 0 Å². The molecule has 0 atom stereocenters. The number of fused-ring (bicyclic) bond motifs is 1. The molecule has 0 amide bonds. The van der Waals surface area contributed by atoms with E-state index in [1.54, 1.807) is 4.52 Å². The first-order valence-corrected chi connectivity index (χ1v) is 8.65. The average molecular weight is 332 g/mol. The van der Waals surface area contributed by atoms with Crippen molar-refractivity contribution >= 4 is 21.6 Å². The summed E-state index contributed by atoms with van der Waals surface area (Å²) in [5.74, 6) is 1.05. The van der Waals surface area contributed by atoms with Gasteiger partial charge < -0.3 is 5.32 Å². The second kappa shape index (κ2) is 6.31. The number of benzene rings is 1. The predicted molar refractivity (Wildman–Crippen MR) is 87.6 cm³/mol.